The number of nitrogens with one attached hydrogen (secondary N) is 1. The second kappa shape index (κ2) is 3.94. The van der Waals surface area contributed by atoms with Gasteiger partial charge in [0.25, 0.3) is 0 Å². The van der Waals surface area contributed by atoms with E-state index in [0.717, 1.165) is 5.69 Å². The Labute approximate surface area is 70.6 Å². The molecule has 0 saturated carbocycles. The van der Waals surface area contributed by atoms with Gasteiger partial charge in [-0.1, -0.05) is 0 Å². The zero-order chi connectivity index (χ0) is 8.97. The summed E-state index contributed by atoms with van der Waals surface area (Å²) >= 11 is 0. The van der Waals surface area contributed by atoms with E-state index >= 15 is 0 Å². The monoisotopic (exact) mass is 168 g/mol. The van der Waals surface area contributed by atoms with Gasteiger partial charge >= 0.3 is 0 Å². The molecule has 0 aliphatic heterocycles. The highest BCUT2D eigenvalue weighted by Crippen LogP contribution is 2.09. The Kier molecular flexibility index (Phi) is 2.90. The van der Waals surface area contributed by atoms with Crippen LogP contribution in [0.4, 0.5) is 11.4 Å². The molecule has 1 rings (SSSR count). The van der Waals surface area contributed by atoms with Crippen LogP contribution in [-0.2, 0) is 0 Å². The fourth-order valence-corrected chi connectivity index (χ4v) is 0.810. The summed E-state index contributed by atoms with van der Waals surface area (Å²) in [6, 6.07) is 7.04. The number of hydrogen-bond acceptors (Lipinski definition) is 4. The van der Waals surface area contributed by atoms with Crippen molar-refractivity contribution in [1.29, 1.82) is 0 Å². The summed E-state index contributed by atoms with van der Waals surface area (Å²) in [7, 11) is 0. The average molecular weight is 168 g/mol. The summed E-state index contributed by atoms with van der Waals surface area (Å²) in [6.07, 6.45) is -1.33. The van der Waals surface area contributed by atoms with Crippen LogP contribution in [0.25, 0.3) is 0 Å². The van der Waals surface area contributed by atoms with Crippen molar-refractivity contribution in [1.82, 2.24) is 0 Å². The van der Waals surface area contributed by atoms with Crippen LogP contribution in [0.5, 0.6) is 0 Å². The van der Waals surface area contributed by atoms with Gasteiger partial charge < -0.3 is 21.3 Å². The number of aliphatic hydroxyl groups excluding tert-OH is 1. The molecule has 0 radical (unpaired) electrons. The third-order valence-corrected chi connectivity index (χ3v) is 1.40. The average Bonchev–Trinajstić information content (AvgIpc) is 2.03. The first-order valence-corrected chi connectivity index (χ1v) is 3.64. The standard InChI is InChI=1S/C8H12N2O2/c9-6-1-3-7(4-2-6)10-5-8(11)12/h1-4,8,10-12H,5,9H2. The molecule has 0 aliphatic rings. The van der Waals surface area contributed by atoms with E-state index in [0.29, 0.717) is 5.69 Å². The van der Waals surface area contributed by atoms with Crippen LogP contribution < -0.4 is 11.1 Å². The fourth-order valence-electron chi connectivity index (χ4n) is 0.810. The summed E-state index contributed by atoms with van der Waals surface area (Å²) in [5.74, 6) is 0. The van der Waals surface area contributed by atoms with E-state index in [1.165, 1.54) is 0 Å². The van der Waals surface area contributed by atoms with E-state index in [2.05, 4.69) is 5.32 Å². The highest BCUT2D eigenvalue weighted by atomic mass is 16.5. The van der Waals surface area contributed by atoms with Gasteiger partial charge in [0.1, 0.15) is 0 Å². The third kappa shape index (κ3) is 2.77. The van der Waals surface area contributed by atoms with Crippen LogP contribution in [0.3, 0.4) is 0 Å². The second-order valence-electron chi connectivity index (χ2n) is 2.48. The molecule has 4 nitrogen and oxygen atoms in total. The lowest BCUT2D eigenvalue weighted by Crippen LogP contribution is -2.18. The van der Waals surface area contributed by atoms with Gasteiger partial charge in [-0.25, -0.2) is 0 Å². The van der Waals surface area contributed by atoms with Crippen LogP contribution in [0, 0.1) is 0 Å². The predicted octanol–water partition coefficient (Wildman–Crippen LogP) is -0.00860. The van der Waals surface area contributed by atoms with E-state index in [-0.39, 0.29) is 6.54 Å². The molecule has 0 aromatic heterocycles. The molecule has 0 heterocycles. The van der Waals surface area contributed by atoms with Crippen LogP contribution in [-0.4, -0.2) is 23.0 Å². The van der Waals surface area contributed by atoms with E-state index in [4.69, 9.17) is 15.9 Å². The Bertz CT molecular complexity index is 233. The van der Waals surface area contributed by atoms with Crippen molar-refractivity contribution in [2.75, 3.05) is 17.6 Å². The molecule has 0 bridgehead atoms. The molecule has 12 heavy (non-hydrogen) atoms. The molecule has 1 aromatic rings. The summed E-state index contributed by atoms with van der Waals surface area (Å²) in [6.45, 7) is 0.115. The number of nitrogens with two attached hydrogens (primary N) is 1. The van der Waals surface area contributed by atoms with E-state index in [1.807, 2.05) is 0 Å². The lowest BCUT2D eigenvalue weighted by molar-refractivity contribution is -0.0275. The summed E-state index contributed by atoms with van der Waals surface area (Å²) in [4.78, 5) is 0. The molecule has 5 N–H and O–H groups in total. The summed E-state index contributed by atoms with van der Waals surface area (Å²) in [5.41, 5.74) is 6.96. The lowest BCUT2D eigenvalue weighted by atomic mass is 10.3. The van der Waals surface area contributed by atoms with E-state index in [9.17, 15) is 0 Å². The molecular formula is C8H12N2O2. The van der Waals surface area contributed by atoms with Gasteiger partial charge in [-0.3, -0.25) is 0 Å². The molecule has 0 saturated heterocycles. The zero-order valence-corrected chi connectivity index (χ0v) is 6.57. The first kappa shape index (κ1) is 8.83. The predicted molar refractivity (Wildman–Crippen MR) is 47.6 cm³/mol. The first-order valence-electron chi connectivity index (χ1n) is 3.64. The van der Waals surface area contributed by atoms with Gasteiger partial charge in [0.05, 0.1) is 6.54 Å². The van der Waals surface area contributed by atoms with Crippen molar-refractivity contribution < 1.29 is 10.2 Å². The molecule has 4 heteroatoms. The first-order chi connectivity index (χ1) is 5.68. The molecule has 0 aliphatic carbocycles. The maximum absolute atomic E-state index is 8.54. The van der Waals surface area contributed by atoms with E-state index < -0.39 is 6.29 Å². The minimum Gasteiger partial charge on any atom is -0.399 e. The summed E-state index contributed by atoms with van der Waals surface area (Å²) in [5, 5.41) is 19.9. The minimum atomic E-state index is -1.33. The van der Waals surface area contributed by atoms with Gasteiger partial charge in [-0.2, -0.15) is 0 Å². The Balaban J connectivity index is 2.48. The van der Waals surface area contributed by atoms with Crippen LogP contribution >= 0.6 is 0 Å². The molecule has 66 valence electrons. The molecule has 1 aromatic carbocycles. The Morgan fingerprint density at radius 3 is 2.33 bits per heavy atom. The number of hydrogen-bond donors (Lipinski definition) is 4. The van der Waals surface area contributed by atoms with Gasteiger partial charge in [-0.15, -0.1) is 0 Å². The smallest absolute Gasteiger partial charge is 0.169 e. The highest BCUT2D eigenvalue weighted by molar-refractivity contribution is 5.51. The largest absolute Gasteiger partial charge is 0.399 e. The van der Waals surface area contributed by atoms with Crippen LogP contribution in [0.15, 0.2) is 24.3 Å². The van der Waals surface area contributed by atoms with Crippen molar-refractivity contribution in [2.24, 2.45) is 0 Å². The van der Waals surface area contributed by atoms with Crippen molar-refractivity contribution in [3.05, 3.63) is 24.3 Å². The molecule has 0 atom stereocenters. The molecule has 0 amide bonds. The highest BCUT2D eigenvalue weighted by Gasteiger charge is 1.95. The number of nitrogen functional groups attached to an aromatic ring is 1. The topological polar surface area (TPSA) is 78.5 Å². The number of benzene rings is 1. The quantitative estimate of drug-likeness (QED) is 0.378. The molecular weight excluding hydrogens is 156 g/mol. The Morgan fingerprint density at radius 1 is 1.25 bits per heavy atom. The zero-order valence-electron chi connectivity index (χ0n) is 6.57. The Hall–Kier alpha value is -1.26. The van der Waals surface area contributed by atoms with Gasteiger partial charge in [0.15, 0.2) is 6.29 Å². The van der Waals surface area contributed by atoms with Crippen molar-refractivity contribution in [3.8, 4) is 0 Å². The second-order valence-corrected chi connectivity index (χ2v) is 2.48. The maximum atomic E-state index is 8.54. The molecule has 0 unspecified atom stereocenters. The van der Waals surface area contributed by atoms with E-state index in [1.54, 1.807) is 24.3 Å². The minimum absolute atomic E-state index is 0.115. The van der Waals surface area contributed by atoms with Crippen molar-refractivity contribution in [2.45, 2.75) is 6.29 Å². The molecule has 0 fully saturated rings. The third-order valence-electron chi connectivity index (χ3n) is 1.40. The maximum Gasteiger partial charge on any atom is 0.169 e. The van der Waals surface area contributed by atoms with Gasteiger partial charge in [0, 0.05) is 11.4 Å². The fraction of sp³-hybridized carbons (Fsp3) is 0.250. The van der Waals surface area contributed by atoms with Crippen LogP contribution in [0.1, 0.15) is 0 Å². The number of anilines is 2. The van der Waals surface area contributed by atoms with Crippen LogP contribution in [0.2, 0.25) is 0 Å². The van der Waals surface area contributed by atoms with Crippen molar-refractivity contribution in [3.63, 3.8) is 0 Å². The number of rotatable bonds is 3. The lowest BCUT2D eigenvalue weighted by Gasteiger charge is -2.07. The SMILES string of the molecule is Nc1ccc(NCC(O)O)cc1. The van der Waals surface area contributed by atoms with Gasteiger partial charge in [-0.05, 0) is 24.3 Å². The normalized spacial score (nSPS) is 10.2. The molecule has 0 spiro atoms. The number of aliphatic hydroxyl groups is 2. The summed E-state index contributed by atoms with van der Waals surface area (Å²) < 4.78 is 0. The van der Waals surface area contributed by atoms with Gasteiger partial charge in [0.2, 0.25) is 0 Å². The Morgan fingerprint density at radius 2 is 1.83 bits per heavy atom. The van der Waals surface area contributed by atoms with Crippen molar-refractivity contribution >= 4 is 11.4 Å².